The van der Waals surface area contributed by atoms with Gasteiger partial charge in [0.15, 0.2) is 0 Å². The molecule has 2 aromatic rings. The molecule has 4 nitrogen and oxygen atoms in total. The molecule has 31 heavy (non-hydrogen) atoms. The summed E-state index contributed by atoms with van der Waals surface area (Å²) in [6.07, 6.45) is 1.47. The minimum atomic E-state index is -0.553. The molecule has 0 aliphatic carbocycles. The maximum absolute atomic E-state index is 14.8. The van der Waals surface area contributed by atoms with Gasteiger partial charge in [0.25, 0.3) is 5.91 Å². The van der Waals surface area contributed by atoms with Crippen LogP contribution >= 0.6 is 35.0 Å². The van der Waals surface area contributed by atoms with E-state index < -0.39 is 11.6 Å². The van der Waals surface area contributed by atoms with E-state index in [1.807, 2.05) is 11.9 Å². The number of thioether (sulfide) groups is 1. The Morgan fingerprint density at radius 3 is 2.39 bits per heavy atom. The van der Waals surface area contributed by atoms with Crippen LogP contribution in [0.4, 0.5) is 20.2 Å². The third kappa shape index (κ3) is 4.70. The zero-order valence-electron chi connectivity index (χ0n) is 16.9. The Balaban J connectivity index is 1.70. The Hall–Kier alpha value is -1.80. The van der Waals surface area contributed by atoms with Gasteiger partial charge in [-0.15, -0.1) is 11.8 Å². The minimum absolute atomic E-state index is 0.108. The first-order valence-corrected chi connectivity index (χ1v) is 11.6. The normalized spacial score (nSPS) is 19.4. The lowest BCUT2D eigenvalue weighted by atomic mass is 10.1. The highest BCUT2D eigenvalue weighted by atomic mass is 35.5. The monoisotopic (exact) mass is 483 g/mol. The first-order chi connectivity index (χ1) is 14.8. The van der Waals surface area contributed by atoms with E-state index in [4.69, 9.17) is 23.2 Å². The molecule has 0 radical (unpaired) electrons. The molecule has 2 aliphatic heterocycles. The highest BCUT2D eigenvalue weighted by molar-refractivity contribution is 8.04. The van der Waals surface area contributed by atoms with Crippen molar-refractivity contribution in [3.8, 4) is 0 Å². The highest BCUT2D eigenvalue weighted by Crippen LogP contribution is 2.36. The molecule has 0 N–H and O–H groups in total. The van der Waals surface area contributed by atoms with E-state index in [1.165, 1.54) is 17.8 Å². The maximum atomic E-state index is 14.8. The number of carbonyl (C=O) groups excluding carboxylic acids is 1. The van der Waals surface area contributed by atoms with Gasteiger partial charge in [0.2, 0.25) is 0 Å². The van der Waals surface area contributed by atoms with Crippen LogP contribution < -0.4 is 9.80 Å². The predicted molar refractivity (Wildman–Crippen MR) is 125 cm³/mol. The van der Waals surface area contributed by atoms with Gasteiger partial charge in [0.1, 0.15) is 11.6 Å². The second-order valence-electron chi connectivity index (χ2n) is 7.49. The van der Waals surface area contributed by atoms with Crippen LogP contribution in [0.15, 0.2) is 35.2 Å². The summed E-state index contributed by atoms with van der Waals surface area (Å²) in [7, 11) is 2.00. The molecule has 2 aromatic carbocycles. The van der Waals surface area contributed by atoms with E-state index in [2.05, 4.69) is 4.90 Å². The van der Waals surface area contributed by atoms with Gasteiger partial charge in [-0.3, -0.25) is 4.79 Å². The first-order valence-electron chi connectivity index (χ1n) is 9.88. The Morgan fingerprint density at radius 1 is 0.968 bits per heavy atom. The van der Waals surface area contributed by atoms with Crippen LogP contribution in [0.2, 0.25) is 10.0 Å². The third-order valence-corrected chi connectivity index (χ3v) is 7.18. The molecule has 2 aliphatic rings. The summed E-state index contributed by atoms with van der Waals surface area (Å²) >= 11 is 13.4. The smallest absolute Gasteiger partial charge is 0.264 e. The maximum Gasteiger partial charge on any atom is 0.264 e. The fourth-order valence-electron chi connectivity index (χ4n) is 3.72. The van der Waals surface area contributed by atoms with E-state index in [-0.39, 0.29) is 17.2 Å². The van der Waals surface area contributed by atoms with Crippen LogP contribution in [0.1, 0.15) is 5.56 Å². The van der Waals surface area contributed by atoms with Crippen molar-refractivity contribution in [2.24, 2.45) is 0 Å². The summed E-state index contributed by atoms with van der Waals surface area (Å²) in [6, 6.07) is 7.24. The van der Waals surface area contributed by atoms with Crippen molar-refractivity contribution in [3.63, 3.8) is 0 Å². The Bertz CT molecular complexity index is 1040. The molecule has 0 unspecified atom stereocenters. The zero-order valence-corrected chi connectivity index (χ0v) is 19.2. The fraction of sp³-hybridized carbons (Fsp3) is 0.318. The minimum Gasteiger partial charge on any atom is -0.366 e. The Labute approximate surface area is 194 Å². The van der Waals surface area contributed by atoms with E-state index in [0.717, 1.165) is 25.2 Å². The van der Waals surface area contributed by atoms with E-state index in [1.54, 1.807) is 23.1 Å². The van der Waals surface area contributed by atoms with Gasteiger partial charge in [0.05, 0.1) is 20.6 Å². The first kappa shape index (κ1) is 22.4. The summed E-state index contributed by atoms with van der Waals surface area (Å²) in [5.74, 6) is -0.698. The number of halogens is 4. The molecule has 0 spiro atoms. The van der Waals surface area contributed by atoms with Crippen molar-refractivity contribution < 1.29 is 13.6 Å². The summed E-state index contributed by atoms with van der Waals surface area (Å²) < 4.78 is 29.7. The lowest BCUT2D eigenvalue weighted by Crippen LogP contribution is -2.45. The number of anilines is 2. The molecule has 2 heterocycles. The van der Waals surface area contributed by atoms with Crippen LogP contribution in [0, 0.1) is 11.6 Å². The van der Waals surface area contributed by atoms with Crippen LogP contribution in [-0.4, -0.2) is 56.3 Å². The average molecular weight is 484 g/mol. The molecule has 0 saturated carbocycles. The number of hydrogen-bond donors (Lipinski definition) is 0. The molecular formula is C22H21Cl2F2N3OS. The van der Waals surface area contributed by atoms with Gasteiger partial charge in [-0.25, -0.2) is 8.78 Å². The molecule has 1 amide bonds. The standard InChI is InChI=1S/C22H21Cl2F2N3OS/c1-27-6-8-28(9-7-27)21-15(18(25)4-5-19(21)26)13-20-22(30)29(10-11-31-20)14-2-3-16(23)17(24)12-14/h2-5,12-13H,6-11H2,1H3. The van der Waals surface area contributed by atoms with E-state index in [9.17, 15) is 13.6 Å². The van der Waals surface area contributed by atoms with Gasteiger partial charge in [-0.2, -0.15) is 0 Å². The molecule has 2 saturated heterocycles. The van der Waals surface area contributed by atoms with Gasteiger partial charge in [0, 0.05) is 49.7 Å². The zero-order chi connectivity index (χ0) is 22.1. The number of likely N-dealkylation sites (N-methyl/N-ethyl adjacent to an activating group) is 1. The molecule has 0 bridgehead atoms. The van der Waals surface area contributed by atoms with Crippen molar-refractivity contribution in [2.45, 2.75) is 0 Å². The number of hydrogen-bond acceptors (Lipinski definition) is 4. The molecular weight excluding hydrogens is 463 g/mol. The molecule has 4 rings (SSSR count). The summed E-state index contributed by atoms with van der Waals surface area (Å²) in [5.41, 5.74) is 0.932. The van der Waals surface area contributed by atoms with Gasteiger partial charge < -0.3 is 14.7 Å². The lowest BCUT2D eigenvalue weighted by molar-refractivity contribution is -0.114. The van der Waals surface area contributed by atoms with Crippen LogP contribution in [0.25, 0.3) is 6.08 Å². The number of rotatable bonds is 3. The van der Waals surface area contributed by atoms with E-state index >= 15 is 0 Å². The largest absolute Gasteiger partial charge is 0.366 e. The Morgan fingerprint density at radius 2 is 1.68 bits per heavy atom. The number of amides is 1. The number of nitrogens with zero attached hydrogens (tertiary/aromatic N) is 3. The number of piperazine rings is 1. The second kappa shape index (κ2) is 9.36. The van der Waals surface area contributed by atoms with Crippen molar-refractivity contribution >= 4 is 58.3 Å². The third-order valence-electron chi connectivity index (χ3n) is 5.45. The molecule has 0 aromatic heterocycles. The number of benzene rings is 2. The Kier molecular flexibility index (Phi) is 6.77. The lowest BCUT2D eigenvalue weighted by Gasteiger charge is -2.35. The summed E-state index contributed by atoms with van der Waals surface area (Å²) in [4.78, 5) is 19.1. The highest BCUT2D eigenvalue weighted by Gasteiger charge is 2.28. The number of carbonyl (C=O) groups is 1. The van der Waals surface area contributed by atoms with Crippen LogP contribution in [-0.2, 0) is 4.79 Å². The van der Waals surface area contributed by atoms with Gasteiger partial charge >= 0.3 is 0 Å². The van der Waals surface area contributed by atoms with Crippen LogP contribution in [0.5, 0.6) is 0 Å². The fourth-order valence-corrected chi connectivity index (χ4v) is 4.94. The van der Waals surface area contributed by atoms with Gasteiger partial charge in [-0.1, -0.05) is 23.2 Å². The average Bonchev–Trinajstić information content (AvgIpc) is 2.75. The SMILES string of the molecule is CN1CCN(c2c(F)ccc(F)c2C=C2SCCN(c3ccc(Cl)c(Cl)c3)C2=O)CC1. The van der Waals surface area contributed by atoms with Crippen LogP contribution in [0.3, 0.4) is 0 Å². The van der Waals surface area contributed by atoms with Crippen molar-refractivity contribution in [1.29, 1.82) is 0 Å². The van der Waals surface area contributed by atoms with Crippen molar-refractivity contribution in [1.82, 2.24) is 4.90 Å². The molecule has 9 heteroatoms. The topological polar surface area (TPSA) is 26.8 Å². The molecule has 164 valence electrons. The molecule has 2 fully saturated rings. The predicted octanol–water partition coefficient (Wildman–Crippen LogP) is 5.14. The van der Waals surface area contributed by atoms with Crippen molar-refractivity contribution in [3.05, 3.63) is 62.5 Å². The van der Waals surface area contributed by atoms with E-state index in [0.29, 0.717) is 46.0 Å². The summed E-state index contributed by atoms with van der Waals surface area (Å²) in [5, 5.41) is 0.753. The molecule has 0 atom stereocenters. The van der Waals surface area contributed by atoms with Gasteiger partial charge in [-0.05, 0) is 43.5 Å². The quantitative estimate of drug-likeness (QED) is 0.564. The van der Waals surface area contributed by atoms with Crippen molar-refractivity contribution in [2.75, 3.05) is 55.3 Å². The summed E-state index contributed by atoms with van der Waals surface area (Å²) in [6.45, 7) is 3.16. The second-order valence-corrected chi connectivity index (χ2v) is 9.45.